The van der Waals surface area contributed by atoms with Gasteiger partial charge in [-0.25, -0.2) is 4.79 Å². The molecule has 136 valence electrons. The summed E-state index contributed by atoms with van der Waals surface area (Å²) in [5, 5.41) is 0.628. The van der Waals surface area contributed by atoms with Gasteiger partial charge < -0.3 is 4.74 Å². The second-order valence-corrected chi connectivity index (χ2v) is 7.40. The van der Waals surface area contributed by atoms with Gasteiger partial charge in [0.05, 0.1) is 15.6 Å². The lowest BCUT2D eigenvalue weighted by Gasteiger charge is -2.22. The van der Waals surface area contributed by atoms with Gasteiger partial charge in [0.15, 0.2) is 12.4 Å². The molecule has 2 aromatic rings. The molecular formula is C21H20Cl2O3. The van der Waals surface area contributed by atoms with Gasteiger partial charge in [0.2, 0.25) is 0 Å². The SMILES string of the molecule is O=C(COC(=O)c1ccc(Cl)c(Cl)c1)c1ccc(C2CCCCC2)cc1. The predicted octanol–water partition coefficient (Wildman–Crippen LogP) is 6.08. The minimum atomic E-state index is -0.601. The molecule has 0 aromatic heterocycles. The number of hydrogen-bond acceptors (Lipinski definition) is 3. The van der Waals surface area contributed by atoms with E-state index in [2.05, 4.69) is 0 Å². The van der Waals surface area contributed by atoms with E-state index < -0.39 is 5.97 Å². The molecule has 0 atom stereocenters. The molecular weight excluding hydrogens is 371 g/mol. The molecule has 0 bridgehead atoms. The highest BCUT2D eigenvalue weighted by molar-refractivity contribution is 6.42. The molecule has 0 spiro atoms. The van der Waals surface area contributed by atoms with E-state index in [0.717, 1.165) is 0 Å². The molecule has 0 unspecified atom stereocenters. The van der Waals surface area contributed by atoms with E-state index in [1.807, 2.05) is 24.3 Å². The molecule has 2 aromatic carbocycles. The summed E-state index contributed by atoms with van der Waals surface area (Å²) in [6.45, 7) is -0.304. The second-order valence-electron chi connectivity index (χ2n) is 6.59. The average molecular weight is 391 g/mol. The zero-order chi connectivity index (χ0) is 18.5. The van der Waals surface area contributed by atoms with E-state index in [1.165, 1.54) is 55.9 Å². The molecule has 0 radical (unpaired) electrons. The van der Waals surface area contributed by atoms with Gasteiger partial charge in [-0.2, -0.15) is 0 Å². The van der Waals surface area contributed by atoms with Crippen LogP contribution in [0.5, 0.6) is 0 Å². The van der Waals surface area contributed by atoms with Gasteiger partial charge in [-0.15, -0.1) is 0 Å². The third-order valence-corrected chi connectivity index (χ3v) is 5.54. The summed E-state index contributed by atoms with van der Waals surface area (Å²) in [5.41, 5.74) is 2.10. The van der Waals surface area contributed by atoms with Gasteiger partial charge in [-0.05, 0) is 42.5 Å². The maximum absolute atomic E-state index is 12.3. The van der Waals surface area contributed by atoms with Crippen LogP contribution in [-0.4, -0.2) is 18.4 Å². The highest BCUT2D eigenvalue weighted by atomic mass is 35.5. The number of Topliss-reactive ketones (excluding diaryl/α,β-unsaturated/α-hetero) is 1. The lowest BCUT2D eigenvalue weighted by atomic mass is 9.84. The van der Waals surface area contributed by atoms with E-state index >= 15 is 0 Å². The van der Waals surface area contributed by atoms with Crippen LogP contribution >= 0.6 is 23.2 Å². The zero-order valence-electron chi connectivity index (χ0n) is 14.3. The Hall–Kier alpha value is -1.84. The van der Waals surface area contributed by atoms with Crippen LogP contribution in [0.3, 0.4) is 0 Å². The maximum atomic E-state index is 12.3. The Bertz CT molecular complexity index is 793. The van der Waals surface area contributed by atoms with E-state index in [4.69, 9.17) is 27.9 Å². The van der Waals surface area contributed by atoms with Crippen molar-refractivity contribution >= 4 is 35.0 Å². The number of ketones is 1. The Morgan fingerprint density at radius 1 is 0.885 bits per heavy atom. The first-order chi connectivity index (χ1) is 12.5. The summed E-state index contributed by atoms with van der Waals surface area (Å²) in [7, 11) is 0. The number of hydrogen-bond donors (Lipinski definition) is 0. The summed E-state index contributed by atoms with van der Waals surface area (Å²) in [4.78, 5) is 24.3. The Kier molecular flexibility index (Phi) is 6.33. The van der Waals surface area contributed by atoms with E-state index in [0.29, 0.717) is 16.5 Å². The van der Waals surface area contributed by atoms with E-state index in [1.54, 1.807) is 0 Å². The summed E-state index contributed by atoms with van der Waals surface area (Å²) in [5.74, 6) is -0.232. The van der Waals surface area contributed by atoms with Crippen molar-refractivity contribution in [1.29, 1.82) is 0 Å². The normalized spacial score (nSPS) is 14.8. The molecule has 0 aliphatic heterocycles. The molecule has 1 aliphatic rings. The molecule has 0 saturated heterocycles. The van der Waals surface area contributed by atoms with E-state index in [9.17, 15) is 9.59 Å². The fraction of sp³-hybridized carbons (Fsp3) is 0.333. The molecule has 1 aliphatic carbocycles. The molecule has 5 heteroatoms. The van der Waals surface area contributed by atoms with Crippen molar-refractivity contribution in [3.63, 3.8) is 0 Å². The van der Waals surface area contributed by atoms with Gasteiger partial charge >= 0.3 is 5.97 Å². The van der Waals surface area contributed by atoms with Crippen LogP contribution in [0.2, 0.25) is 10.0 Å². The number of esters is 1. The molecule has 3 rings (SSSR count). The monoisotopic (exact) mass is 390 g/mol. The van der Waals surface area contributed by atoms with Gasteiger partial charge in [0, 0.05) is 5.56 Å². The van der Waals surface area contributed by atoms with Crippen molar-refractivity contribution in [3.8, 4) is 0 Å². The predicted molar refractivity (Wildman–Crippen MR) is 103 cm³/mol. The van der Waals surface area contributed by atoms with Gasteiger partial charge in [0.25, 0.3) is 0 Å². The third kappa shape index (κ3) is 4.66. The summed E-state index contributed by atoms with van der Waals surface area (Å²) in [6, 6.07) is 12.1. The first-order valence-electron chi connectivity index (χ1n) is 8.80. The van der Waals surface area contributed by atoms with Crippen LogP contribution in [0.4, 0.5) is 0 Å². The van der Waals surface area contributed by atoms with Crippen LogP contribution in [0.1, 0.15) is 64.3 Å². The maximum Gasteiger partial charge on any atom is 0.338 e. The minimum absolute atomic E-state index is 0.228. The van der Waals surface area contributed by atoms with E-state index in [-0.39, 0.29) is 23.0 Å². The van der Waals surface area contributed by atoms with Crippen molar-refractivity contribution in [1.82, 2.24) is 0 Å². The Balaban J connectivity index is 1.57. The highest BCUT2D eigenvalue weighted by Gasteiger charge is 2.17. The number of carbonyl (C=O) groups excluding carboxylic acids is 2. The van der Waals surface area contributed by atoms with Crippen LogP contribution in [-0.2, 0) is 4.74 Å². The average Bonchev–Trinajstić information content (AvgIpc) is 2.68. The van der Waals surface area contributed by atoms with Crippen molar-refractivity contribution in [2.45, 2.75) is 38.0 Å². The van der Waals surface area contributed by atoms with Gasteiger partial charge in [0.1, 0.15) is 0 Å². The minimum Gasteiger partial charge on any atom is -0.454 e. The van der Waals surface area contributed by atoms with Crippen molar-refractivity contribution in [3.05, 3.63) is 69.2 Å². The molecule has 26 heavy (non-hydrogen) atoms. The summed E-state index contributed by atoms with van der Waals surface area (Å²) < 4.78 is 5.10. The van der Waals surface area contributed by atoms with Crippen LogP contribution in [0, 0.1) is 0 Å². The fourth-order valence-electron chi connectivity index (χ4n) is 3.30. The zero-order valence-corrected chi connectivity index (χ0v) is 15.9. The molecule has 1 fully saturated rings. The first kappa shape index (κ1) is 18.9. The third-order valence-electron chi connectivity index (χ3n) is 4.80. The van der Waals surface area contributed by atoms with Crippen LogP contribution in [0.25, 0.3) is 0 Å². The lowest BCUT2D eigenvalue weighted by Crippen LogP contribution is -2.14. The van der Waals surface area contributed by atoms with Crippen molar-refractivity contribution in [2.24, 2.45) is 0 Å². The number of halogens is 2. The largest absolute Gasteiger partial charge is 0.454 e. The highest BCUT2D eigenvalue weighted by Crippen LogP contribution is 2.32. The smallest absolute Gasteiger partial charge is 0.338 e. The van der Waals surface area contributed by atoms with Crippen molar-refractivity contribution < 1.29 is 14.3 Å². The standard InChI is InChI=1S/C21H20Cl2O3/c22-18-11-10-17(12-19(18)23)21(25)26-13-20(24)16-8-6-15(7-9-16)14-4-2-1-3-5-14/h6-12,14H,1-5,13H2. The number of benzene rings is 2. The van der Waals surface area contributed by atoms with Crippen LogP contribution in [0.15, 0.2) is 42.5 Å². The molecule has 0 heterocycles. The number of rotatable bonds is 5. The Morgan fingerprint density at radius 3 is 2.19 bits per heavy atom. The number of ether oxygens (including phenoxy) is 1. The van der Waals surface area contributed by atoms with Gasteiger partial charge in [-0.3, -0.25) is 4.79 Å². The fourth-order valence-corrected chi connectivity index (χ4v) is 3.60. The lowest BCUT2D eigenvalue weighted by molar-refractivity contribution is 0.0475. The Morgan fingerprint density at radius 2 is 1.54 bits per heavy atom. The quantitative estimate of drug-likeness (QED) is 0.458. The molecule has 3 nitrogen and oxygen atoms in total. The topological polar surface area (TPSA) is 43.4 Å². The molecule has 1 saturated carbocycles. The summed E-state index contributed by atoms with van der Waals surface area (Å²) >= 11 is 11.7. The van der Waals surface area contributed by atoms with Crippen molar-refractivity contribution in [2.75, 3.05) is 6.61 Å². The second kappa shape index (κ2) is 8.70. The molecule has 0 amide bonds. The summed E-state index contributed by atoms with van der Waals surface area (Å²) in [6.07, 6.45) is 6.30. The Labute approximate surface area is 163 Å². The number of carbonyl (C=O) groups is 2. The molecule has 0 N–H and O–H groups in total. The van der Waals surface area contributed by atoms with Crippen LogP contribution < -0.4 is 0 Å². The van der Waals surface area contributed by atoms with Gasteiger partial charge in [-0.1, -0.05) is 66.7 Å². The first-order valence-corrected chi connectivity index (χ1v) is 9.55.